The van der Waals surface area contributed by atoms with Crippen LogP contribution in [-0.2, 0) is 29.5 Å². The van der Waals surface area contributed by atoms with Crippen LogP contribution in [0.1, 0.15) is 28.0 Å². The molecular weight excluding hydrogens is 460 g/mol. The lowest BCUT2D eigenvalue weighted by atomic mass is 10.1. The fourth-order valence-electron chi connectivity index (χ4n) is 4.01. The Kier molecular flexibility index (Phi) is 7.39. The third-order valence-electron chi connectivity index (χ3n) is 5.89. The molecular formula is C27H28N4O5. The molecule has 1 amide bonds. The standard InChI is InChI=1S/C27H28N4O5/c1-31-25(27(34)36-3)24(30-23(33)12-10-17-7-5-4-6-8-17)20-14-19(16-29-26(20)31)28-15-18-9-11-21(32)22(13-18)35-2/h4-9,11,13-14,16,28,32H,10,12,15H2,1-3H3,(H,30,33). The fourth-order valence-corrected chi connectivity index (χ4v) is 4.01. The highest BCUT2D eigenvalue weighted by Crippen LogP contribution is 2.32. The number of nitrogens with zero attached hydrogens (tertiary/aromatic N) is 2. The van der Waals surface area contributed by atoms with Crippen molar-refractivity contribution in [2.24, 2.45) is 7.05 Å². The molecule has 4 rings (SSSR count). The van der Waals surface area contributed by atoms with Gasteiger partial charge in [-0.05, 0) is 35.7 Å². The maximum atomic E-state index is 12.8. The highest BCUT2D eigenvalue weighted by molar-refractivity contribution is 6.11. The van der Waals surface area contributed by atoms with Crippen molar-refractivity contribution in [2.75, 3.05) is 24.9 Å². The number of methoxy groups -OCH3 is 2. The Balaban J connectivity index is 1.60. The van der Waals surface area contributed by atoms with Gasteiger partial charge in [0, 0.05) is 25.4 Å². The third kappa shape index (κ3) is 5.25. The lowest BCUT2D eigenvalue weighted by molar-refractivity contribution is -0.116. The number of pyridine rings is 1. The number of amides is 1. The van der Waals surface area contributed by atoms with E-state index >= 15 is 0 Å². The summed E-state index contributed by atoms with van der Waals surface area (Å²) in [5.41, 5.74) is 3.75. The third-order valence-corrected chi connectivity index (χ3v) is 5.89. The minimum Gasteiger partial charge on any atom is -0.504 e. The van der Waals surface area contributed by atoms with Crippen molar-refractivity contribution < 1.29 is 24.2 Å². The smallest absolute Gasteiger partial charge is 0.356 e. The molecule has 0 fully saturated rings. The number of fused-ring (bicyclic) bond motifs is 1. The van der Waals surface area contributed by atoms with E-state index in [4.69, 9.17) is 9.47 Å². The van der Waals surface area contributed by atoms with Crippen LogP contribution >= 0.6 is 0 Å². The zero-order valence-electron chi connectivity index (χ0n) is 20.4. The second-order valence-corrected chi connectivity index (χ2v) is 8.26. The van der Waals surface area contributed by atoms with Gasteiger partial charge in [0.15, 0.2) is 17.2 Å². The van der Waals surface area contributed by atoms with Crippen LogP contribution in [0.2, 0.25) is 0 Å². The normalized spacial score (nSPS) is 10.8. The van der Waals surface area contributed by atoms with Crippen molar-refractivity contribution in [3.8, 4) is 11.5 Å². The molecule has 2 heterocycles. The zero-order chi connectivity index (χ0) is 25.7. The van der Waals surface area contributed by atoms with Crippen LogP contribution in [0.25, 0.3) is 11.0 Å². The zero-order valence-corrected chi connectivity index (χ0v) is 20.4. The van der Waals surface area contributed by atoms with Crippen molar-refractivity contribution in [3.05, 3.63) is 77.6 Å². The van der Waals surface area contributed by atoms with E-state index in [-0.39, 0.29) is 23.8 Å². The molecule has 3 N–H and O–H groups in total. The molecule has 0 unspecified atom stereocenters. The number of phenols is 1. The first kappa shape index (κ1) is 24.6. The Morgan fingerprint density at radius 3 is 2.56 bits per heavy atom. The number of benzene rings is 2. The molecule has 4 aromatic rings. The molecule has 0 saturated carbocycles. The number of aryl methyl sites for hydroxylation is 2. The summed E-state index contributed by atoms with van der Waals surface area (Å²) in [5.74, 6) is -0.337. The SMILES string of the molecule is COC(=O)c1c(NC(=O)CCc2ccccc2)c2cc(NCc3ccc(O)c(OC)c3)cnc2n1C. The number of aromatic nitrogens is 2. The number of rotatable bonds is 9. The summed E-state index contributed by atoms with van der Waals surface area (Å²) in [7, 11) is 4.50. The van der Waals surface area contributed by atoms with Gasteiger partial charge in [-0.15, -0.1) is 0 Å². The molecule has 0 saturated heterocycles. The Hall–Kier alpha value is -4.53. The number of hydrogen-bond donors (Lipinski definition) is 3. The summed E-state index contributed by atoms with van der Waals surface area (Å²) in [4.78, 5) is 30.0. The van der Waals surface area contributed by atoms with Crippen molar-refractivity contribution in [2.45, 2.75) is 19.4 Å². The van der Waals surface area contributed by atoms with E-state index < -0.39 is 5.97 Å². The van der Waals surface area contributed by atoms with Gasteiger partial charge in [0.1, 0.15) is 5.65 Å². The predicted octanol–water partition coefficient (Wildman–Crippen LogP) is 4.26. The van der Waals surface area contributed by atoms with Gasteiger partial charge in [-0.3, -0.25) is 4.79 Å². The fraction of sp³-hybridized carbons (Fsp3) is 0.222. The van der Waals surface area contributed by atoms with E-state index in [1.165, 1.54) is 14.2 Å². The summed E-state index contributed by atoms with van der Waals surface area (Å²) in [5, 5.41) is 16.6. The monoisotopic (exact) mass is 488 g/mol. The number of carbonyl (C=O) groups excluding carboxylic acids is 2. The minimum absolute atomic E-state index is 0.0663. The Morgan fingerprint density at radius 2 is 1.83 bits per heavy atom. The molecule has 0 bridgehead atoms. The van der Waals surface area contributed by atoms with Gasteiger partial charge >= 0.3 is 5.97 Å². The van der Waals surface area contributed by atoms with E-state index in [1.807, 2.05) is 36.4 Å². The molecule has 2 aromatic carbocycles. The maximum Gasteiger partial charge on any atom is 0.356 e. The van der Waals surface area contributed by atoms with Crippen molar-refractivity contribution in [1.82, 2.24) is 9.55 Å². The molecule has 0 aliphatic carbocycles. The second kappa shape index (κ2) is 10.8. The number of ether oxygens (including phenoxy) is 2. The molecule has 0 atom stereocenters. The molecule has 36 heavy (non-hydrogen) atoms. The quantitative estimate of drug-likeness (QED) is 0.302. The predicted molar refractivity (Wildman–Crippen MR) is 137 cm³/mol. The van der Waals surface area contributed by atoms with Crippen LogP contribution in [0.5, 0.6) is 11.5 Å². The molecule has 0 aliphatic rings. The molecule has 186 valence electrons. The van der Waals surface area contributed by atoms with Gasteiger partial charge < -0.3 is 29.8 Å². The van der Waals surface area contributed by atoms with Gasteiger partial charge in [0.2, 0.25) is 5.91 Å². The Morgan fingerprint density at radius 1 is 1.06 bits per heavy atom. The maximum absolute atomic E-state index is 12.8. The average Bonchev–Trinajstić information content (AvgIpc) is 3.17. The first-order valence-electron chi connectivity index (χ1n) is 11.4. The second-order valence-electron chi connectivity index (χ2n) is 8.26. The molecule has 9 nitrogen and oxygen atoms in total. The summed E-state index contributed by atoms with van der Waals surface area (Å²) in [6.45, 7) is 0.444. The van der Waals surface area contributed by atoms with Gasteiger partial charge in [0.25, 0.3) is 0 Å². The number of hydrogen-bond acceptors (Lipinski definition) is 7. The van der Waals surface area contributed by atoms with E-state index in [9.17, 15) is 14.7 Å². The van der Waals surface area contributed by atoms with Gasteiger partial charge in [0.05, 0.1) is 31.8 Å². The van der Waals surface area contributed by atoms with E-state index in [0.717, 1.165) is 11.1 Å². The highest BCUT2D eigenvalue weighted by atomic mass is 16.5. The highest BCUT2D eigenvalue weighted by Gasteiger charge is 2.24. The summed E-state index contributed by atoms with van der Waals surface area (Å²) >= 11 is 0. The Labute approximate surface area is 208 Å². The molecule has 9 heteroatoms. The number of esters is 1. The van der Waals surface area contributed by atoms with Crippen molar-refractivity contribution >= 4 is 34.3 Å². The number of anilines is 2. The molecule has 0 radical (unpaired) electrons. The largest absolute Gasteiger partial charge is 0.504 e. The summed E-state index contributed by atoms with van der Waals surface area (Å²) in [6.07, 6.45) is 2.49. The Bertz CT molecular complexity index is 1400. The van der Waals surface area contributed by atoms with Crippen LogP contribution in [0.3, 0.4) is 0 Å². The summed E-state index contributed by atoms with van der Waals surface area (Å²) in [6, 6.07) is 16.7. The molecule has 0 aliphatic heterocycles. The molecule has 2 aromatic heterocycles. The van der Waals surface area contributed by atoms with Crippen molar-refractivity contribution in [1.29, 1.82) is 0 Å². The van der Waals surface area contributed by atoms with Gasteiger partial charge in [-0.1, -0.05) is 36.4 Å². The number of aromatic hydroxyl groups is 1. The summed E-state index contributed by atoms with van der Waals surface area (Å²) < 4.78 is 11.8. The van der Waals surface area contributed by atoms with Crippen LogP contribution in [-0.4, -0.2) is 40.8 Å². The van der Waals surface area contributed by atoms with Crippen molar-refractivity contribution in [3.63, 3.8) is 0 Å². The van der Waals surface area contributed by atoms with Gasteiger partial charge in [-0.25, -0.2) is 9.78 Å². The molecule has 0 spiro atoms. The van der Waals surface area contributed by atoms with E-state index in [0.29, 0.717) is 41.1 Å². The minimum atomic E-state index is -0.570. The van der Waals surface area contributed by atoms with E-state index in [1.54, 1.807) is 36.0 Å². The average molecular weight is 489 g/mol. The van der Waals surface area contributed by atoms with E-state index in [2.05, 4.69) is 15.6 Å². The van der Waals surface area contributed by atoms with Crippen LogP contribution < -0.4 is 15.4 Å². The van der Waals surface area contributed by atoms with Crippen LogP contribution in [0.15, 0.2) is 60.8 Å². The first-order chi connectivity index (χ1) is 17.4. The number of carbonyl (C=O) groups is 2. The van der Waals surface area contributed by atoms with Gasteiger partial charge in [-0.2, -0.15) is 0 Å². The lowest BCUT2D eigenvalue weighted by Gasteiger charge is -2.10. The van der Waals surface area contributed by atoms with Crippen LogP contribution in [0, 0.1) is 0 Å². The number of phenolic OH excluding ortho intramolecular Hbond substituents is 1. The first-order valence-corrected chi connectivity index (χ1v) is 11.4. The topological polar surface area (TPSA) is 115 Å². The van der Waals surface area contributed by atoms with Crippen LogP contribution in [0.4, 0.5) is 11.4 Å². The lowest BCUT2D eigenvalue weighted by Crippen LogP contribution is -2.16. The number of nitrogens with one attached hydrogen (secondary N) is 2.